The summed E-state index contributed by atoms with van der Waals surface area (Å²) in [4.78, 5) is 19.4. The van der Waals surface area contributed by atoms with Crippen LogP contribution in [0, 0.1) is 0 Å². The van der Waals surface area contributed by atoms with Gasteiger partial charge in [-0.05, 0) is 56.5 Å². The molecule has 0 radical (unpaired) electrons. The van der Waals surface area contributed by atoms with Crippen molar-refractivity contribution < 1.29 is 4.79 Å². The van der Waals surface area contributed by atoms with Gasteiger partial charge in [-0.25, -0.2) is 4.99 Å². The normalized spacial score (nSPS) is 17.3. The fourth-order valence-electron chi connectivity index (χ4n) is 3.61. The molecule has 6 heteroatoms. The van der Waals surface area contributed by atoms with Crippen LogP contribution in [0.2, 0.25) is 0 Å². The molecule has 2 atom stereocenters. The fourth-order valence-corrected chi connectivity index (χ4v) is 3.61. The quantitative estimate of drug-likeness (QED) is 0.450. The van der Waals surface area contributed by atoms with E-state index in [0.717, 1.165) is 44.0 Å². The number of aliphatic imine (C=N–C) groups is 1. The maximum absolute atomic E-state index is 12.2. The zero-order valence-corrected chi connectivity index (χ0v) is 18.9. The monoisotopic (exact) mass is 421 g/mol. The molecule has 0 aliphatic carbocycles. The molecule has 1 saturated heterocycles. The number of benzene rings is 2. The van der Waals surface area contributed by atoms with Crippen molar-refractivity contribution >= 4 is 17.6 Å². The number of carbonyl (C=O) groups is 1. The van der Waals surface area contributed by atoms with Gasteiger partial charge in [0.05, 0.1) is 6.54 Å². The molecule has 1 aliphatic rings. The third-order valence-corrected chi connectivity index (χ3v) is 5.62. The smallest absolute Gasteiger partial charge is 0.251 e. The van der Waals surface area contributed by atoms with Crippen molar-refractivity contribution in [2.75, 3.05) is 24.5 Å². The number of carbonyl (C=O) groups excluding carboxylic acids is 1. The molecule has 6 nitrogen and oxygen atoms in total. The molecule has 0 saturated carbocycles. The highest BCUT2D eigenvalue weighted by Crippen LogP contribution is 2.19. The van der Waals surface area contributed by atoms with Crippen LogP contribution in [0.1, 0.15) is 49.5 Å². The molecule has 1 aliphatic heterocycles. The van der Waals surface area contributed by atoms with Gasteiger partial charge in [-0.1, -0.05) is 37.3 Å². The lowest BCUT2D eigenvalue weighted by molar-refractivity contribution is 0.0939. The maximum atomic E-state index is 12.2. The molecule has 0 spiro atoms. The Hall–Kier alpha value is -3.02. The molecular weight excluding hydrogens is 386 g/mol. The lowest BCUT2D eigenvalue weighted by atomic mass is 10.1. The van der Waals surface area contributed by atoms with E-state index in [0.29, 0.717) is 18.2 Å². The van der Waals surface area contributed by atoms with Crippen LogP contribution in [0.3, 0.4) is 0 Å². The number of amides is 1. The van der Waals surface area contributed by atoms with E-state index in [4.69, 9.17) is 4.99 Å². The van der Waals surface area contributed by atoms with E-state index in [1.165, 1.54) is 5.69 Å². The van der Waals surface area contributed by atoms with Gasteiger partial charge in [-0.15, -0.1) is 0 Å². The minimum Gasteiger partial charge on any atom is -0.369 e. The second-order valence-electron chi connectivity index (χ2n) is 8.09. The first kappa shape index (κ1) is 22.7. The third-order valence-electron chi connectivity index (χ3n) is 5.62. The standard InChI is InChI=1S/C25H35N5O/c1-4-19(3)28-24(31)21-13-11-20(12-14-21)17-27-25(26-5-2)29-22-15-16-30(18-22)23-9-7-6-8-10-23/h6-14,19,22H,4-5,15-18H2,1-3H3,(H,28,31)(H2,26,27,29). The lowest BCUT2D eigenvalue weighted by Gasteiger charge is -2.20. The summed E-state index contributed by atoms with van der Waals surface area (Å²) in [6.07, 6.45) is 2.00. The van der Waals surface area contributed by atoms with Gasteiger partial charge in [0.2, 0.25) is 0 Å². The van der Waals surface area contributed by atoms with Crippen molar-refractivity contribution in [1.82, 2.24) is 16.0 Å². The molecule has 2 aromatic rings. The summed E-state index contributed by atoms with van der Waals surface area (Å²) in [5.41, 5.74) is 3.03. The van der Waals surface area contributed by atoms with Crippen LogP contribution >= 0.6 is 0 Å². The number of hydrogen-bond donors (Lipinski definition) is 3. The van der Waals surface area contributed by atoms with Crippen molar-refractivity contribution in [1.29, 1.82) is 0 Å². The molecule has 1 fully saturated rings. The number of guanidine groups is 1. The number of nitrogens with zero attached hydrogens (tertiary/aromatic N) is 2. The van der Waals surface area contributed by atoms with E-state index >= 15 is 0 Å². The fraction of sp³-hybridized carbons (Fsp3) is 0.440. The van der Waals surface area contributed by atoms with Gasteiger partial charge in [0.15, 0.2) is 5.96 Å². The molecule has 3 rings (SSSR count). The van der Waals surface area contributed by atoms with Gasteiger partial charge in [0.25, 0.3) is 5.91 Å². The van der Waals surface area contributed by atoms with Crippen molar-refractivity contribution in [3.8, 4) is 0 Å². The molecule has 2 unspecified atom stereocenters. The van der Waals surface area contributed by atoms with E-state index in [-0.39, 0.29) is 11.9 Å². The average Bonchev–Trinajstić information content (AvgIpc) is 3.27. The van der Waals surface area contributed by atoms with Crippen LogP contribution in [-0.2, 0) is 6.54 Å². The van der Waals surface area contributed by atoms with Crippen LogP contribution in [0.5, 0.6) is 0 Å². The van der Waals surface area contributed by atoms with Gasteiger partial charge in [0, 0.05) is 43.0 Å². The van der Waals surface area contributed by atoms with Crippen LogP contribution in [0.4, 0.5) is 5.69 Å². The third kappa shape index (κ3) is 6.74. The number of nitrogens with one attached hydrogen (secondary N) is 3. The Morgan fingerprint density at radius 1 is 1.13 bits per heavy atom. The highest BCUT2D eigenvalue weighted by molar-refractivity contribution is 5.94. The van der Waals surface area contributed by atoms with E-state index in [1.807, 2.05) is 31.2 Å². The van der Waals surface area contributed by atoms with Gasteiger partial charge < -0.3 is 20.9 Å². The topological polar surface area (TPSA) is 68.8 Å². The summed E-state index contributed by atoms with van der Waals surface area (Å²) in [6, 6.07) is 18.8. The molecule has 31 heavy (non-hydrogen) atoms. The van der Waals surface area contributed by atoms with E-state index in [1.54, 1.807) is 0 Å². The van der Waals surface area contributed by atoms with E-state index in [9.17, 15) is 4.79 Å². The van der Waals surface area contributed by atoms with E-state index in [2.05, 4.69) is 65.0 Å². The second kappa shape index (κ2) is 11.4. The minimum absolute atomic E-state index is 0.0244. The second-order valence-corrected chi connectivity index (χ2v) is 8.09. The minimum atomic E-state index is -0.0244. The van der Waals surface area contributed by atoms with Crippen molar-refractivity contribution in [2.45, 2.75) is 52.2 Å². The molecule has 0 aromatic heterocycles. The Balaban J connectivity index is 1.55. The summed E-state index contributed by atoms with van der Waals surface area (Å²) in [5, 5.41) is 9.92. The first-order chi connectivity index (χ1) is 15.1. The van der Waals surface area contributed by atoms with Gasteiger partial charge in [0.1, 0.15) is 0 Å². The van der Waals surface area contributed by atoms with Crippen LogP contribution in [-0.4, -0.2) is 43.6 Å². The zero-order valence-electron chi connectivity index (χ0n) is 18.9. The molecule has 1 heterocycles. The molecule has 0 bridgehead atoms. The SMILES string of the molecule is CCNC(=NCc1ccc(C(=O)NC(C)CC)cc1)NC1CCN(c2ccccc2)C1. The maximum Gasteiger partial charge on any atom is 0.251 e. The molecule has 2 aromatic carbocycles. The van der Waals surface area contributed by atoms with Gasteiger partial charge >= 0.3 is 0 Å². The summed E-state index contributed by atoms with van der Waals surface area (Å²) in [7, 11) is 0. The number of hydrogen-bond acceptors (Lipinski definition) is 3. The summed E-state index contributed by atoms with van der Waals surface area (Å²) < 4.78 is 0. The van der Waals surface area contributed by atoms with Crippen LogP contribution < -0.4 is 20.9 Å². The predicted octanol–water partition coefficient (Wildman–Crippen LogP) is 3.55. The van der Waals surface area contributed by atoms with Gasteiger partial charge in [-0.2, -0.15) is 0 Å². The summed E-state index contributed by atoms with van der Waals surface area (Å²) in [6.45, 7) is 9.54. The summed E-state index contributed by atoms with van der Waals surface area (Å²) >= 11 is 0. The van der Waals surface area contributed by atoms with E-state index < -0.39 is 0 Å². The Morgan fingerprint density at radius 3 is 2.55 bits per heavy atom. The predicted molar refractivity (Wildman–Crippen MR) is 129 cm³/mol. The van der Waals surface area contributed by atoms with Crippen LogP contribution in [0.25, 0.3) is 0 Å². The Morgan fingerprint density at radius 2 is 1.87 bits per heavy atom. The number of anilines is 1. The van der Waals surface area contributed by atoms with Crippen molar-refractivity contribution in [3.05, 3.63) is 65.7 Å². The zero-order chi connectivity index (χ0) is 22.1. The highest BCUT2D eigenvalue weighted by Gasteiger charge is 2.23. The largest absolute Gasteiger partial charge is 0.369 e. The number of para-hydroxylation sites is 1. The van der Waals surface area contributed by atoms with Crippen molar-refractivity contribution in [3.63, 3.8) is 0 Å². The Bertz CT molecular complexity index is 850. The Kier molecular flexibility index (Phi) is 8.33. The van der Waals surface area contributed by atoms with Gasteiger partial charge in [-0.3, -0.25) is 4.79 Å². The molecular formula is C25H35N5O. The first-order valence-electron chi connectivity index (χ1n) is 11.3. The highest BCUT2D eigenvalue weighted by atomic mass is 16.1. The number of rotatable bonds is 8. The Labute approximate surface area is 186 Å². The van der Waals surface area contributed by atoms with Crippen LogP contribution in [0.15, 0.2) is 59.6 Å². The average molecular weight is 422 g/mol. The van der Waals surface area contributed by atoms with Crippen molar-refractivity contribution in [2.24, 2.45) is 4.99 Å². The summed E-state index contributed by atoms with van der Waals surface area (Å²) in [5.74, 6) is 0.810. The molecule has 1 amide bonds. The molecule has 166 valence electrons. The first-order valence-corrected chi connectivity index (χ1v) is 11.3. The lowest BCUT2D eigenvalue weighted by Crippen LogP contribution is -2.44. The molecule has 3 N–H and O–H groups in total.